The van der Waals surface area contributed by atoms with Gasteiger partial charge in [-0.05, 0) is 86.9 Å². The molecule has 1 atom stereocenters. The number of aryl methyl sites for hydroxylation is 2. The molecular formula is C28H37N3O2. The molecule has 5 rings (SSSR count). The Balaban J connectivity index is 1.45. The zero-order valence-electron chi connectivity index (χ0n) is 20.5. The molecule has 0 amide bonds. The Morgan fingerprint density at radius 3 is 2.58 bits per heavy atom. The van der Waals surface area contributed by atoms with Crippen LogP contribution >= 0.6 is 0 Å². The summed E-state index contributed by atoms with van der Waals surface area (Å²) in [5.74, 6) is 1.00. The van der Waals surface area contributed by atoms with Gasteiger partial charge in [-0.15, -0.1) is 0 Å². The zero-order valence-corrected chi connectivity index (χ0v) is 20.5. The smallest absolute Gasteiger partial charge is 0.253 e. The van der Waals surface area contributed by atoms with Crippen molar-refractivity contribution >= 4 is 10.9 Å². The van der Waals surface area contributed by atoms with Gasteiger partial charge >= 0.3 is 0 Å². The van der Waals surface area contributed by atoms with Crippen LogP contribution in [0.3, 0.4) is 0 Å². The van der Waals surface area contributed by atoms with Crippen molar-refractivity contribution in [1.29, 1.82) is 0 Å². The largest absolute Gasteiger partial charge is 0.380 e. The van der Waals surface area contributed by atoms with Gasteiger partial charge in [0, 0.05) is 47.9 Å². The lowest BCUT2D eigenvalue weighted by Crippen LogP contribution is -2.45. The Morgan fingerprint density at radius 1 is 1.12 bits per heavy atom. The van der Waals surface area contributed by atoms with Gasteiger partial charge in [0.2, 0.25) is 0 Å². The molecule has 0 saturated carbocycles. The standard InChI is InChI=1S/C28H37N3O2/c1-18(2)26-24-15-21(20-9-11-31(12-10-20)23-6-5-13-33-17-23)7-8-25(24)29-27(26)22-14-19(3)28(32)30(4)16-22/h7-8,14-16,18,20,23,29H,5-6,9-13,17H2,1-4H3. The van der Waals surface area contributed by atoms with E-state index in [1.807, 2.05) is 26.2 Å². The van der Waals surface area contributed by atoms with Crippen LogP contribution in [0.1, 0.15) is 68.1 Å². The van der Waals surface area contributed by atoms with Crippen LogP contribution in [0.25, 0.3) is 22.2 Å². The zero-order chi connectivity index (χ0) is 23.1. The van der Waals surface area contributed by atoms with Gasteiger partial charge in [0.15, 0.2) is 0 Å². The topological polar surface area (TPSA) is 50.3 Å². The number of fused-ring (bicyclic) bond motifs is 1. The van der Waals surface area contributed by atoms with Crippen molar-refractivity contribution in [2.75, 3.05) is 26.3 Å². The molecule has 33 heavy (non-hydrogen) atoms. The fraction of sp³-hybridized carbons (Fsp3) is 0.536. The molecule has 0 aliphatic carbocycles. The van der Waals surface area contributed by atoms with Crippen LogP contribution in [-0.4, -0.2) is 46.8 Å². The van der Waals surface area contributed by atoms with Crippen molar-refractivity contribution in [2.24, 2.45) is 7.05 Å². The van der Waals surface area contributed by atoms with E-state index in [4.69, 9.17) is 4.74 Å². The summed E-state index contributed by atoms with van der Waals surface area (Å²) in [5.41, 5.74) is 7.06. The Hall–Kier alpha value is -2.37. The molecule has 3 aromatic rings. The van der Waals surface area contributed by atoms with Gasteiger partial charge in [-0.3, -0.25) is 9.69 Å². The third-order valence-electron chi connectivity index (χ3n) is 7.74. The SMILES string of the molecule is Cc1cc(-c2[nH]c3ccc(C4CCN(C5CCCOC5)CC4)cc3c2C(C)C)cn(C)c1=O. The van der Waals surface area contributed by atoms with E-state index in [-0.39, 0.29) is 5.56 Å². The Labute approximate surface area is 196 Å². The lowest BCUT2D eigenvalue weighted by molar-refractivity contribution is 0.00886. The first kappa shape index (κ1) is 22.4. The number of hydrogen-bond donors (Lipinski definition) is 1. The first-order valence-electron chi connectivity index (χ1n) is 12.6. The van der Waals surface area contributed by atoms with Crippen molar-refractivity contribution in [3.05, 3.63) is 57.5 Å². The number of nitrogens with one attached hydrogen (secondary N) is 1. The highest BCUT2D eigenvalue weighted by Crippen LogP contribution is 2.38. The molecular weight excluding hydrogens is 410 g/mol. The van der Waals surface area contributed by atoms with Crippen molar-refractivity contribution in [2.45, 2.75) is 64.3 Å². The molecule has 2 saturated heterocycles. The van der Waals surface area contributed by atoms with Crippen molar-refractivity contribution in [3.63, 3.8) is 0 Å². The first-order chi connectivity index (χ1) is 15.9. The second-order valence-electron chi connectivity index (χ2n) is 10.4. The maximum atomic E-state index is 12.2. The van der Waals surface area contributed by atoms with Gasteiger partial charge in [-0.2, -0.15) is 0 Å². The van der Waals surface area contributed by atoms with Crippen molar-refractivity contribution in [3.8, 4) is 11.3 Å². The highest BCUT2D eigenvalue weighted by Gasteiger charge is 2.28. The predicted molar refractivity (Wildman–Crippen MR) is 135 cm³/mol. The Kier molecular flexibility index (Phi) is 6.19. The molecule has 5 heteroatoms. The molecule has 1 N–H and O–H groups in total. The highest BCUT2D eigenvalue weighted by molar-refractivity contribution is 5.92. The summed E-state index contributed by atoms with van der Waals surface area (Å²) in [4.78, 5) is 18.6. The monoisotopic (exact) mass is 447 g/mol. The number of piperidine rings is 1. The molecule has 1 aromatic carbocycles. The van der Waals surface area contributed by atoms with Crippen molar-refractivity contribution in [1.82, 2.24) is 14.5 Å². The number of benzene rings is 1. The summed E-state index contributed by atoms with van der Waals surface area (Å²) in [5, 5.41) is 1.33. The summed E-state index contributed by atoms with van der Waals surface area (Å²) in [6, 6.07) is 9.65. The minimum absolute atomic E-state index is 0.0642. The van der Waals surface area contributed by atoms with Gasteiger partial charge in [0.25, 0.3) is 5.56 Å². The number of H-pyrrole nitrogens is 1. The normalized spacial score (nSPS) is 20.7. The number of pyridine rings is 1. The van der Waals surface area contributed by atoms with E-state index < -0.39 is 0 Å². The second-order valence-corrected chi connectivity index (χ2v) is 10.4. The van der Waals surface area contributed by atoms with Gasteiger partial charge < -0.3 is 14.3 Å². The van der Waals surface area contributed by atoms with Gasteiger partial charge in [0.1, 0.15) is 0 Å². The van der Waals surface area contributed by atoms with Crippen LogP contribution in [0.15, 0.2) is 35.3 Å². The molecule has 2 aliphatic heterocycles. The number of ether oxygens (including phenoxy) is 1. The lowest BCUT2D eigenvalue weighted by Gasteiger charge is -2.39. The van der Waals surface area contributed by atoms with E-state index in [1.54, 1.807) is 4.57 Å². The number of aromatic nitrogens is 2. The van der Waals surface area contributed by atoms with Gasteiger partial charge in [-0.25, -0.2) is 0 Å². The lowest BCUT2D eigenvalue weighted by atomic mass is 9.87. The molecule has 0 bridgehead atoms. The maximum absolute atomic E-state index is 12.2. The summed E-state index contributed by atoms with van der Waals surface area (Å²) < 4.78 is 7.42. The number of likely N-dealkylation sites (tertiary alicyclic amines) is 1. The van der Waals surface area contributed by atoms with Crippen LogP contribution in [-0.2, 0) is 11.8 Å². The molecule has 5 nitrogen and oxygen atoms in total. The van der Waals surface area contributed by atoms with E-state index in [2.05, 4.69) is 41.9 Å². The van der Waals surface area contributed by atoms with Gasteiger partial charge in [0.05, 0.1) is 12.3 Å². The average Bonchev–Trinajstić information content (AvgIpc) is 3.22. The quantitative estimate of drug-likeness (QED) is 0.589. The summed E-state index contributed by atoms with van der Waals surface area (Å²) in [6.07, 6.45) is 6.87. The van der Waals surface area contributed by atoms with Crippen molar-refractivity contribution < 1.29 is 4.74 Å². The molecule has 176 valence electrons. The predicted octanol–water partition coefficient (Wildman–Crippen LogP) is 5.32. The molecule has 4 heterocycles. The second kappa shape index (κ2) is 9.11. The fourth-order valence-electron chi connectivity index (χ4n) is 5.94. The minimum atomic E-state index is 0.0642. The Bertz CT molecular complexity index is 1170. The van der Waals surface area contributed by atoms with E-state index in [0.29, 0.717) is 17.9 Å². The summed E-state index contributed by atoms with van der Waals surface area (Å²) >= 11 is 0. The summed E-state index contributed by atoms with van der Waals surface area (Å²) in [7, 11) is 1.83. The fourth-order valence-corrected chi connectivity index (χ4v) is 5.94. The van der Waals surface area contributed by atoms with Crippen LogP contribution in [0.5, 0.6) is 0 Å². The average molecular weight is 448 g/mol. The number of rotatable bonds is 4. The third kappa shape index (κ3) is 4.29. The molecule has 0 spiro atoms. The minimum Gasteiger partial charge on any atom is -0.380 e. The molecule has 2 aliphatic rings. The highest BCUT2D eigenvalue weighted by atomic mass is 16.5. The van der Waals surface area contributed by atoms with Crippen LogP contribution in [0.2, 0.25) is 0 Å². The van der Waals surface area contributed by atoms with E-state index in [9.17, 15) is 4.79 Å². The number of hydrogen-bond acceptors (Lipinski definition) is 3. The number of nitrogens with zero attached hydrogens (tertiary/aromatic N) is 2. The Morgan fingerprint density at radius 2 is 1.91 bits per heavy atom. The molecule has 1 unspecified atom stereocenters. The van der Waals surface area contributed by atoms with E-state index in [0.717, 1.165) is 30.0 Å². The maximum Gasteiger partial charge on any atom is 0.253 e. The van der Waals surface area contributed by atoms with Gasteiger partial charge in [-0.1, -0.05) is 19.9 Å². The van der Waals surface area contributed by atoms with E-state index >= 15 is 0 Å². The summed E-state index contributed by atoms with van der Waals surface area (Å²) in [6.45, 7) is 10.6. The molecule has 2 aromatic heterocycles. The number of aromatic amines is 1. The van der Waals surface area contributed by atoms with Crippen LogP contribution in [0.4, 0.5) is 0 Å². The van der Waals surface area contributed by atoms with Crippen LogP contribution < -0.4 is 5.56 Å². The molecule has 0 radical (unpaired) electrons. The van der Waals surface area contributed by atoms with E-state index in [1.165, 1.54) is 60.8 Å². The first-order valence-corrected chi connectivity index (χ1v) is 12.6. The van der Waals surface area contributed by atoms with Crippen LogP contribution in [0, 0.1) is 6.92 Å². The molecule has 2 fully saturated rings. The third-order valence-corrected chi connectivity index (χ3v) is 7.74.